The van der Waals surface area contributed by atoms with E-state index in [-0.39, 0.29) is 12.5 Å². The van der Waals surface area contributed by atoms with E-state index in [4.69, 9.17) is 0 Å². The molecule has 1 heterocycles. The number of hydrogen-bond acceptors (Lipinski definition) is 4. The van der Waals surface area contributed by atoms with Gasteiger partial charge in [-0.2, -0.15) is 5.10 Å². The van der Waals surface area contributed by atoms with Gasteiger partial charge in [0, 0.05) is 0 Å². The van der Waals surface area contributed by atoms with Crippen molar-refractivity contribution in [1.29, 1.82) is 0 Å². The fourth-order valence-electron chi connectivity index (χ4n) is 0.898. The SMILES string of the molecule is COC(=O)Cn1nc(C)nc1C. The fourth-order valence-corrected chi connectivity index (χ4v) is 0.898. The average Bonchev–Trinajstić information content (AvgIpc) is 2.30. The zero-order valence-electron chi connectivity index (χ0n) is 7.37. The second kappa shape index (κ2) is 3.34. The maximum absolute atomic E-state index is 10.8. The van der Waals surface area contributed by atoms with Crippen LogP contribution in [0, 0.1) is 13.8 Å². The molecule has 5 nitrogen and oxygen atoms in total. The van der Waals surface area contributed by atoms with Crippen LogP contribution in [-0.2, 0) is 16.1 Å². The number of hydrogen-bond donors (Lipinski definition) is 0. The van der Waals surface area contributed by atoms with Crippen LogP contribution < -0.4 is 0 Å². The zero-order valence-corrected chi connectivity index (χ0v) is 7.37. The fraction of sp³-hybridized carbons (Fsp3) is 0.571. The Bertz CT molecular complexity index is 293. The molecule has 0 bridgehead atoms. The van der Waals surface area contributed by atoms with Crippen molar-refractivity contribution in [3.8, 4) is 0 Å². The van der Waals surface area contributed by atoms with Crippen molar-refractivity contribution < 1.29 is 9.53 Å². The van der Waals surface area contributed by atoms with E-state index in [2.05, 4.69) is 14.8 Å². The molecule has 0 spiro atoms. The first-order chi connectivity index (χ1) is 5.63. The van der Waals surface area contributed by atoms with E-state index in [0.717, 1.165) is 5.82 Å². The Labute approximate surface area is 70.4 Å². The molecule has 0 aliphatic carbocycles. The maximum atomic E-state index is 10.8. The molecule has 0 aliphatic heterocycles. The first kappa shape index (κ1) is 8.70. The Morgan fingerprint density at radius 3 is 2.67 bits per heavy atom. The Morgan fingerprint density at radius 1 is 1.58 bits per heavy atom. The molecule has 1 aromatic heterocycles. The van der Waals surface area contributed by atoms with Crippen LogP contribution in [0.1, 0.15) is 11.6 Å². The predicted molar refractivity (Wildman–Crippen MR) is 41.5 cm³/mol. The van der Waals surface area contributed by atoms with Crippen LogP contribution in [0.4, 0.5) is 0 Å². The number of carbonyl (C=O) groups excluding carboxylic acids is 1. The third-order valence-electron chi connectivity index (χ3n) is 1.47. The number of esters is 1. The molecule has 1 rings (SSSR count). The van der Waals surface area contributed by atoms with Crippen LogP contribution in [0.3, 0.4) is 0 Å². The third kappa shape index (κ3) is 1.81. The predicted octanol–water partition coefficient (Wildman–Crippen LogP) is 0.0679. The average molecular weight is 169 g/mol. The minimum Gasteiger partial charge on any atom is -0.468 e. The number of aryl methyl sites for hydroxylation is 2. The number of methoxy groups -OCH3 is 1. The summed E-state index contributed by atoms with van der Waals surface area (Å²) in [6.07, 6.45) is 0. The second-order valence-electron chi connectivity index (χ2n) is 2.44. The van der Waals surface area contributed by atoms with E-state index < -0.39 is 0 Å². The quantitative estimate of drug-likeness (QED) is 0.588. The van der Waals surface area contributed by atoms with Crippen molar-refractivity contribution in [2.75, 3.05) is 7.11 Å². The van der Waals surface area contributed by atoms with Crippen LogP contribution in [-0.4, -0.2) is 27.8 Å². The van der Waals surface area contributed by atoms with Gasteiger partial charge in [-0.05, 0) is 13.8 Å². The molecule has 0 unspecified atom stereocenters. The maximum Gasteiger partial charge on any atom is 0.327 e. The Hall–Kier alpha value is -1.39. The summed E-state index contributed by atoms with van der Waals surface area (Å²) in [5.74, 6) is 1.07. The normalized spacial score (nSPS) is 9.92. The summed E-state index contributed by atoms with van der Waals surface area (Å²) in [6, 6.07) is 0. The lowest BCUT2D eigenvalue weighted by molar-refractivity contribution is -0.141. The molecule has 5 heteroatoms. The molecule has 0 amide bonds. The van der Waals surface area contributed by atoms with Gasteiger partial charge in [-0.3, -0.25) is 4.79 Å². The van der Waals surface area contributed by atoms with Crippen molar-refractivity contribution in [2.24, 2.45) is 0 Å². The summed E-state index contributed by atoms with van der Waals surface area (Å²) in [5, 5.41) is 4.00. The molecule has 0 aromatic carbocycles. The molecule has 0 radical (unpaired) electrons. The third-order valence-corrected chi connectivity index (χ3v) is 1.47. The van der Waals surface area contributed by atoms with Crippen LogP contribution in [0.2, 0.25) is 0 Å². The first-order valence-corrected chi connectivity index (χ1v) is 3.58. The van der Waals surface area contributed by atoms with Crippen LogP contribution >= 0.6 is 0 Å². The molecule has 0 aliphatic rings. The van der Waals surface area contributed by atoms with Crippen molar-refractivity contribution in [1.82, 2.24) is 14.8 Å². The molecule has 0 N–H and O–H groups in total. The van der Waals surface area contributed by atoms with E-state index in [0.29, 0.717) is 5.82 Å². The van der Waals surface area contributed by atoms with Gasteiger partial charge in [-0.15, -0.1) is 0 Å². The van der Waals surface area contributed by atoms with Gasteiger partial charge in [0.25, 0.3) is 0 Å². The molecule has 0 saturated heterocycles. The van der Waals surface area contributed by atoms with E-state index in [1.807, 2.05) is 0 Å². The number of aromatic nitrogens is 3. The lowest BCUT2D eigenvalue weighted by Gasteiger charge is -1.99. The van der Waals surface area contributed by atoms with E-state index in [9.17, 15) is 4.79 Å². The highest BCUT2D eigenvalue weighted by Gasteiger charge is 2.06. The highest BCUT2D eigenvalue weighted by atomic mass is 16.5. The second-order valence-corrected chi connectivity index (χ2v) is 2.44. The van der Waals surface area contributed by atoms with Crippen molar-refractivity contribution in [3.05, 3.63) is 11.6 Å². The monoisotopic (exact) mass is 169 g/mol. The molecule has 0 atom stereocenters. The Kier molecular flexibility index (Phi) is 2.42. The van der Waals surface area contributed by atoms with Crippen LogP contribution in [0.5, 0.6) is 0 Å². The summed E-state index contributed by atoms with van der Waals surface area (Å²) >= 11 is 0. The number of nitrogens with zero attached hydrogens (tertiary/aromatic N) is 3. The van der Waals surface area contributed by atoms with Gasteiger partial charge >= 0.3 is 5.97 Å². The summed E-state index contributed by atoms with van der Waals surface area (Å²) in [6.45, 7) is 3.70. The molecule has 0 fully saturated rings. The molecular weight excluding hydrogens is 158 g/mol. The van der Waals surface area contributed by atoms with E-state index >= 15 is 0 Å². The largest absolute Gasteiger partial charge is 0.468 e. The first-order valence-electron chi connectivity index (χ1n) is 3.58. The minimum absolute atomic E-state index is 0.128. The number of ether oxygens (including phenoxy) is 1. The van der Waals surface area contributed by atoms with E-state index in [1.54, 1.807) is 13.8 Å². The van der Waals surface area contributed by atoms with Crippen molar-refractivity contribution >= 4 is 5.97 Å². The molecule has 1 aromatic rings. The van der Waals surface area contributed by atoms with Gasteiger partial charge in [0.1, 0.15) is 18.2 Å². The summed E-state index contributed by atoms with van der Waals surface area (Å²) in [7, 11) is 1.35. The summed E-state index contributed by atoms with van der Waals surface area (Å²) in [4.78, 5) is 14.9. The van der Waals surface area contributed by atoms with Gasteiger partial charge in [-0.1, -0.05) is 0 Å². The van der Waals surface area contributed by atoms with Crippen LogP contribution in [0.15, 0.2) is 0 Å². The molecular formula is C7H11N3O2. The minimum atomic E-state index is -0.317. The number of carbonyl (C=O) groups is 1. The van der Waals surface area contributed by atoms with Crippen LogP contribution in [0.25, 0.3) is 0 Å². The van der Waals surface area contributed by atoms with Crippen molar-refractivity contribution in [3.63, 3.8) is 0 Å². The summed E-state index contributed by atoms with van der Waals surface area (Å²) in [5.41, 5.74) is 0. The van der Waals surface area contributed by atoms with Gasteiger partial charge in [0.15, 0.2) is 0 Å². The van der Waals surface area contributed by atoms with Crippen molar-refractivity contribution in [2.45, 2.75) is 20.4 Å². The lowest BCUT2D eigenvalue weighted by atomic mass is 10.6. The Morgan fingerprint density at radius 2 is 2.25 bits per heavy atom. The van der Waals surface area contributed by atoms with E-state index in [1.165, 1.54) is 11.8 Å². The van der Waals surface area contributed by atoms with Gasteiger partial charge in [-0.25, -0.2) is 9.67 Å². The molecule has 66 valence electrons. The molecule has 0 saturated carbocycles. The molecule has 12 heavy (non-hydrogen) atoms. The zero-order chi connectivity index (χ0) is 9.14. The Balaban J connectivity index is 2.75. The van der Waals surface area contributed by atoms with Gasteiger partial charge in [0.2, 0.25) is 0 Å². The van der Waals surface area contributed by atoms with Gasteiger partial charge in [0.05, 0.1) is 7.11 Å². The standard InChI is InChI=1S/C7H11N3O2/c1-5-8-6(2)10(9-5)4-7(11)12-3/h4H2,1-3H3. The topological polar surface area (TPSA) is 57.0 Å². The lowest BCUT2D eigenvalue weighted by Crippen LogP contribution is -2.13. The summed E-state index contributed by atoms with van der Waals surface area (Å²) < 4.78 is 6.01. The highest BCUT2D eigenvalue weighted by Crippen LogP contribution is 1.95. The number of rotatable bonds is 2. The highest BCUT2D eigenvalue weighted by molar-refractivity contribution is 5.68. The van der Waals surface area contributed by atoms with Gasteiger partial charge < -0.3 is 4.74 Å². The smallest absolute Gasteiger partial charge is 0.327 e.